The molecule has 0 aliphatic carbocycles. The van der Waals surface area contributed by atoms with Gasteiger partial charge >= 0.3 is 5.97 Å². The molecule has 28 heavy (non-hydrogen) atoms. The zero-order chi connectivity index (χ0) is 20.1. The smallest absolute Gasteiger partial charge is 0.321 e. The molecule has 0 saturated carbocycles. The number of carboxylic acid groups (broad SMARTS) is 1. The molecule has 1 aliphatic rings. The highest BCUT2D eigenvalue weighted by Gasteiger charge is 2.30. The van der Waals surface area contributed by atoms with Crippen molar-refractivity contribution in [1.82, 2.24) is 5.32 Å². The second kappa shape index (κ2) is 9.34. The molecular weight excluding hydrogens is 374 g/mol. The van der Waals surface area contributed by atoms with E-state index in [9.17, 15) is 4.79 Å². The summed E-state index contributed by atoms with van der Waals surface area (Å²) >= 11 is 1.60. The molecule has 2 N–H and O–H groups in total. The van der Waals surface area contributed by atoms with Crippen LogP contribution in [-0.2, 0) is 4.79 Å². The number of carboxylic acids is 1. The minimum atomic E-state index is -0.809. The number of aliphatic carboxylic acids is 1. The van der Waals surface area contributed by atoms with Crippen molar-refractivity contribution in [3.63, 3.8) is 0 Å². The third-order valence-corrected chi connectivity index (χ3v) is 5.99. The Labute approximate surface area is 170 Å². The summed E-state index contributed by atoms with van der Waals surface area (Å²) in [6, 6.07) is 13.5. The third kappa shape index (κ3) is 5.20. The van der Waals surface area contributed by atoms with E-state index in [4.69, 9.17) is 14.6 Å². The van der Waals surface area contributed by atoms with Gasteiger partial charge in [-0.3, -0.25) is 10.1 Å². The molecule has 1 aliphatic heterocycles. The Morgan fingerprint density at radius 3 is 2.50 bits per heavy atom. The molecule has 3 rings (SSSR count). The molecule has 2 aromatic carbocycles. The lowest BCUT2D eigenvalue weighted by Crippen LogP contribution is -2.33. The normalized spacial score (nSPS) is 19.0. The maximum absolute atomic E-state index is 11.1. The third-order valence-electron chi connectivity index (χ3n) is 4.73. The summed E-state index contributed by atoms with van der Waals surface area (Å²) in [5.41, 5.74) is 3.60. The zero-order valence-electron chi connectivity index (χ0n) is 16.5. The van der Waals surface area contributed by atoms with Gasteiger partial charge in [0, 0.05) is 5.75 Å². The molecule has 1 heterocycles. The van der Waals surface area contributed by atoms with Crippen LogP contribution in [0.15, 0.2) is 42.5 Å². The fraction of sp³-hybridized carbons (Fsp3) is 0.409. The van der Waals surface area contributed by atoms with Crippen LogP contribution >= 0.6 is 11.8 Å². The standard InChI is InChI=1S/C22H27NO4S/c1-14(2)19-8-7-18(11-15(19)3)27-10-9-26-17-6-4-5-16(12-17)21-23-20(13-28-21)22(24)25/h4-8,11-12,14,20-21,23H,9-10,13H2,1-3H3,(H,24,25). The van der Waals surface area contributed by atoms with Crippen molar-refractivity contribution < 1.29 is 19.4 Å². The van der Waals surface area contributed by atoms with Crippen molar-refractivity contribution in [2.24, 2.45) is 0 Å². The number of nitrogens with one attached hydrogen (secondary N) is 1. The van der Waals surface area contributed by atoms with E-state index in [0.717, 1.165) is 17.1 Å². The maximum Gasteiger partial charge on any atom is 0.321 e. The van der Waals surface area contributed by atoms with Gasteiger partial charge in [0.1, 0.15) is 30.8 Å². The molecule has 2 unspecified atom stereocenters. The molecule has 1 saturated heterocycles. The van der Waals surface area contributed by atoms with Gasteiger partial charge in [-0.15, -0.1) is 11.8 Å². The van der Waals surface area contributed by atoms with Crippen LogP contribution in [0.25, 0.3) is 0 Å². The van der Waals surface area contributed by atoms with Crippen LogP contribution in [0.5, 0.6) is 11.5 Å². The molecule has 0 bridgehead atoms. The largest absolute Gasteiger partial charge is 0.490 e. The van der Waals surface area contributed by atoms with Gasteiger partial charge in [0.15, 0.2) is 0 Å². The number of hydrogen-bond acceptors (Lipinski definition) is 5. The van der Waals surface area contributed by atoms with E-state index < -0.39 is 12.0 Å². The first-order chi connectivity index (χ1) is 13.4. The van der Waals surface area contributed by atoms with E-state index in [1.807, 2.05) is 30.3 Å². The first-order valence-corrected chi connectivity index (χ1v) is 10.6. The highest BCUT2D eigenvalue weighted by Crippen LogP contribution is 2.34. The molecule has 2 aromatic rings. The number of hydrogen-bond donors (Lipinski definition) is 2. The Morgan fingerprint density at radius 1 is 1.18 bits per heavy atom. The van der Waals surface area contributed by atoms with Crippen LogP contribution in [0.4, 0.5) is 0 Å². The molecule has 0 spiro atoms. The van der Waals surface area contributed by atoms with Crippen LogP contribution in [0.1, 0.15) is 41.8 Å². The summed E-state index contributed by atoms with van der Waals surface area (Å²) in [5.74, 6) is 1.87. The lowest BCUT2D eigenvalue weighted by atomic mass is 9.98. The van der Waals surface area contributed by atoms with E-state index in [-0.39, 0.29) is 5.37 Å². The predicted octanol–water partition coefficient (Wildman–Crippen LogP) is 4.36. The monoisotopic (exact) mass is 401 g/mol. The topological polar surface area (TPSA) is 67.8 Å². The summed E-state index contributed by atoms with van der Waals surface area (Å²) < 4.78 is 11.6. The average molecular weight is 402 g/mol. The molecule has 0 radical (unpaired) electrons. The van der Waals surface area contributed by atoms with Crippen molar-refractivity contribution in [3.05, 3.63) is 59.2 Å². The number of ether oxygens (including phenoxy) is 2. The zero-order valence-corrected chi connectivity index (χ0v) is 17.3. The summed E-state index contributed by atoms with van der Waals surface area (Å²) in [6.45, 7) is 7.38. The van der Waals surface area contributed by atoms with Gasteiger partial charge in [-0.05, 0) is 53.8 Å². The maximum atomic E-state index is 11.1. The second-order valence-electron chi connectivity index (χ2n) is 7.21. The number of benzene rings is 2. The van der Waals surface area contributed by atoms with E-state index in [1.165, 1.54) is 11.1 Å². The lowest BCUT2D eigenvalue weighted by Gasteiger charge is -2.14. The Balaban J connectivity index is 1.49. The molecule has 5 nitrogen and oxygen atoms in total. The van der Waals surface area contributed by atoms with Gasteiger partial charge in [-0.25, -0.2) is 0 Å². The van der Waals surface area contributed by atoms with E-state index in [2.05, 4.69) is 38.2 Å². The minimum Gasteiger partial charge on any atom is -0.490 e. The Kier molecular flexibility index (Phi) is 6.86. The van der Waals surface area contributed by atoms with Crippen LogP contribution in [-0.4, -0.2) is 36.1 Å². The van der Waals surface area contributed by atoms with Gasteiger partial charge in [-0.1, -0.05) is 32.0 Å². The van der Waals surface area contributed by atoms with Gasteiger partial charge in [-0.2, -0.15) is 0 Å². The van der Waals surface area contributed by atoms with Gasteiger partial charge in [0.25, 0.3) is 0 Å². The van der Waals surface area contributed by atoms with E-state index in [0.29, 0.717) is 24.9 Å². The lowest BCUT2D eigenvalue weighted by molar-refractivity contribution is -0.138. The number of rotatable bonds is 8. The summed E-state index contributed by atoms with van der Waals surface area (Å²) in [6.07, 6.45) is 0. The predicted molar refractivity (Wildman–Crippen MR) is 112 cm³/mol. The van der Waals surface area contributed by atoms with Crippen LogP contribution in [0, 0.1) is 6.92 Å². The molecule has 1 fully saturated rings. The average Bonchev–Trinajstić information content (AvgIpc) is 3.16. The van der Waals surface area contributed by atoms with Crippen LogP contribution in [0.2, 0.25) is 0 Å². The molecule has 2 atom stereocenters. The van der Waals surface area contributed by atoms with Crippen molar-refractivity contribution in [2.45, 2.75) is 38.1 Å². The van der Waals surface area contributed by atoms with Crippen molar-refractivity contribution in [3.8, 4) is 11.5 Å². The summed E-state index contributed by atoms with van der Waals surface area (Å²) in [7, 11) is 0. The fourth-order valence-electron chi connectivity index (χ4n) is 3.28. The van der Waals surface area contributed by atoms with Crippen LogP contribution in [0.3, 0.4) is 0 Å². The van der Waals surface area contributed by atoms with Crippen molar-refractivity contribution in [2.75, 3.05) is 19.0 Å². The minimum absolute atomic E-state index is 0.0247. The first kappa shape index (κ1) is 20.6. The Hall–Kier alpha value is -2.18. The fourth-order valence-corrected chi connectivity index (χ4v) is 4.50. The highest BCUT2D eigenvalue weighted by atomic mass is 32.2. The molecular formula is C22H27NO4S. The SMILES string of the molecule is Cc1cc(OCCOc2cccc(C3NC(C(=O)O)CS3)c2)ccc1C(C)C. The molecule has 6 heteroatoms. The number of thioether (sulfide) groups is 1. The van der Waals surface area contributed by atoms with Crippen LogP contribution < -0.4 is 14.8 Å². The van der Waals surface area contributed by atoms with E-state index >= 15 is 0 Å². The molecule has 0 aromatic heterocycles. The van der Waals surface area contributed by atoms with Crippen molar-refractivity contribution >= 4 is 17.7 Å². The second-order valence-corrected chi connectivity index (χ2v) is 8.35. The Bertz CT molecular complexity index is 824. The molecule has 150 valence electrons. The number of aryl methyl sites for hydroxylation is 1. The highest BCUT2D eigenvalue weighted by molar-refractivity contribution is 7.99. The summed E-state index contributed by atoms with van der Waals surface area (Å²) in [5, 5.41) is 12.2. The quantitative estimate of drug-likeness (QED) is 0.641. The van der Waals surface area contributed by atoms with E-state index in [1.54, 1.807) is 11.8 Å². The van der Waals surface area contributed by atoms with Gasteiger partial charge in [0.05, 0.1) is 5.37 Å². The number of carbonyl (C=O) groups is 1. The van der Waals surface area contributed by atoms with Crippen molar-refractivity contribution in [1.29, 1.82) is 0 Å². The molecule has 0 amide bonds. The summed E-state index contributed by atoms with van der Waals surface area (Å²) in [4.78, 5) is 11.1. The first-order valence-electron chi connectivity index (χ1n) is 9.50. The van der Waals surface area contributed by atoms with Gasteiger partial charge in [0.2, 0.25) is 0 Å². The Morgan fingerprint density at radius 2 is 1.89 bits per heavy atom. The van der Waals surface area contributed by atoms with Gasteiger partial charge < -0.3 is 14.6 Å².